The molecule has 3 aromatic rings. The molecule has 1 aliphatic rings. The molecule has 5 nitrogen and oxygen atoms in total. The molecule has 0 unspecified atom stereocenters. The fourth-order valence-electron chi connectivity index (χ4n) is 3.46. The van der Waals surface area contributed by atoms with E-state index in [2.05, 4.69) is 58.3 Å². The molecule has 1 N–H and O–H groups in total. The van der Waals surface area contributed by atoms with Crippen LogP contribution in [-0.4, -0.2) is 25.5 Å². The first kappa shape index (κ1) is 20.8. The molecular weight excluding hydrogens is 408 g/mol. The number of hydrogen-bond donors (Lipinski definition) is 1. The van der Waals surface area contributed by atoms with Crippen LogP contribution in [0, 0.1) is 0 Å². The average Bonchev–Trinajstić information content (AvgIpc) is 2.81. The molecule has 0 spiro atoms. The van der Waals surface area contributed by atoms with Gasteiger partial charge >= 0.3 is 5.97 Å². The van der Waals surface area contributed by atoms with E-state index in [1.54, 1.807) is 42.1 Å². The van der Waals surface area contributed by atoms with Crippen molar-refractivity contribution in [1.29, 1.82) is 0 Å². The fraction of sp³-hybridized carbons (Fsp3) is 0.120. The molecule has 0 atom stereocenters. The molecule has 1 heterocycles. The first-order valence-corrected chi connectivity index (χ1v) is 10.8. The lowest BCUT2D eigenvalue weighted by atomic mass is 10.1. The highest BCUT2D eigenvalue weighted by Crippen LogP contribution is 2.48. The summed E-state index contributed by atoms with van der Waals surface area (Å²) in [4.78, 5) is 28.5. The normalized spacial score (nSPS) is 12.3. The second-order valence-corrected chi connectivity index (χ2v) is 8.02. The maximum atomic E-state index is 12.3. The number of carbonyl (C=O) groups is 2. The number of anilines is 3. The smallest absolute Gasteiger partial charge is 0.337 e. The van der Waals surface area contributed by atoms with Crippen LogP contribution in [-0.2, 0) is 9.53 Å². The standard InChI is InChI=1S/C25H22N2O3S/c1-3-27-20-6-4-5-7-22(20)31-23-16-17(8-14-21(23)27)9-15-24(28)26-19-12-10-18(11-13-19)25(29)30-2/h4-16H,3H2,1-2H3,(H,26,28)/b15-9+. The highest BCUT2D eigenvalue weighted by atomic mass is 32.2. The fourth-order valence-corrected chi connectivity index (χ4v) is 4.60. The van der Waals surface area contributed by atoms with Gasteiger partial charge in [-0.3, -0.25) is 4.79 Å². The van der Waals surface area contributed by atoms with Crippen LogP contribution in [0.25, 0.3) is 6.08 Å². The first-order chi connectivity index (χ1) is 15.1. The summed E-state index contributed by atoms with van der Waals surface area (Å²) in [5.41, 5.74) is 4.41. The van der Waals surface area contributed by atoms with E-state index in [1.165, 1.54) is 34.4 Å². The summed E-state index contributed by atoms with van der Waals surface area (Å²) in [5.74, 6) is -0.649. The van der Waals surface area contributed by atoms with Gasteiger partial charge in [0.2, 0.25) is 5.91 Å². The van der Waals surface area contributed by atoms with Crippen LogP contribution in [0.3, 0.4) is 0 Å². The molecule has 0 radical (unpaired) electrons. The zero-order chi connectivity index (χ0) is 21.8. The van der Waals surface area contributed by atoms with Gasteiger partial charge in [-0.05, 0) is 67.1 Å². The number of rotatable bonds is 5. The van der Waals surface area contributed by atoms with Gasteiger partial charge in [0.15, 0.2) is 0 Å². The third-order valence-corrected chi connectivity index (χ3v) is 6.08. The third kappa shape index (κ3) is 4.49. The molecule has 0 aromatic heterocycles. The van der Waals surface area contributed by atoms with Gasteiger partial charge in [-0.2, -0.15) is 0 Å². The van der Waals surface area contributed by atoms with Crippen molar-refractivity contribution in [2.24, 2.45) is 0 Å². The number of para-hydroxylation sites is 1. The lowest BCUT2D eigenvalue weighted by Gasteiger charge is -2.32. The molecule has 0 bridgehead atoms. The Labute approximate surface area is 185 Å². The summed E-state index contributed by atoms with van der Waals surface area (Å²) in [5, 5.41) is 2.80. The number of esters is 1. The van der Waals surface area contributed by atoms with Crippen LogP contribution in [0.2, 0.25) is 0 Å². The van der Waals surface area contributed by atoms with Crippen molar-refractivity contribution in [3.05, 3.63) is 83.9 Å². The van der Waals surface area contributed by atoms with Crippen LogP contribution < -0.4 is 10.2 Å². The van der Waals surface area contributed by atoms with Gasteiger partial charge < -0.3 is 15.0 Å². The van der Waals surface area contributed by atoms with Crippen molar-refractivity contribution in [2.45, 2.75) is 16.7 Å². The minimum absolute atomic E-state index is 0.239. The molecule has 1 amide bonds. The SMILES string of the molecule is CCN1c2ccccc2Sc2cc(/C=C/C(=O)Nc3ccc(C(=O)OC)cc3)ccc21. The number of hydrogen-bond acceptors (Lipinski definition) is 5. The second kappa shape index (κ2) is 9.10. The van der Waals surface area contributed by atoms with Crippen LogP contribution in [0.4, 0.5) is 17.1 Å². The number of fused-ring (bicyclic) bond motifs is 2. The summed E-state index contributed by atoms with van der Waals surface area (Å²) in [7, 11) is 1.33. The minimum atomic E-state index is -0.410. The number of carbonyl (C=O) groups excluding carboxylic acids is 2. The minimum Gasteiger partial charge on any atom is -0.465 e. The van der Waals surface area contributed by atoms with E-state index in [1.807, 2.05) is 6.07 Å². The molecule has 6 heteroatoms. The molecule has 0 saturated heterocycles. The Morgan fingerprint density at radius 3 is 2.48 bits per heavy atom. The molecule has 31 heavy (non-hydrogen) atoms. The number of nitrogens with one attached hydrogen (secondary N) is 1. The molecule has 0 aliphatic carbocycles. The molecule has 0 fully saturated rings. The maximum absolute atomic E-state index is 12.3. The van der Waals surface area contributed by atoms with Crippen molar-refractivity contribution in [2.75, 3.05) is 23.9 Å². The summed E-state index contributed by atoms with van der Waals surface area (Å²) in [6, 6.07) is 21.2. The number of ether oxygens (including phenoxy) is 1. The van der Waals surface area contributed by atoms with Gasteiger partial charge in [0.1, 0.15) is 0 Å². The summed E-state index contributed by atoms with van der Waals surface area (Å²) >= 11 is 1.74. The zero-order valence-corrected chi connectivity index (χ0v) is 18.1. The van der Waals surface area contributed by atoms with Crippen molar-refractivity contribution in [3.63, 3.8) is 0 Å². The van der Waals surface area contributed by atoms with Gasteiger partial charge in [-0.15, -0.1) is 0 Å². The highest BCUT2D eigenvalue weighted by molar-refractivity contribution is 7.99. The highest BCUT2D eigenvalue weighted by Gasteiger charge is 2.21. The maximum Gasteiger partial charge on any atom is 0.337 e. The lowest BCUT2D eigenvalue weighted by Crippen LogP contribution is -2.19. The van der Waals surface area contributed by atoms with E-state index < -0.39 is 5.97 Å². The van der Waals surface area contributed by atoms with Crippen LogP contribution in [0.5, 0.6) is 0 Å². The Kier molecular flexibility index (Phi) is 6.09. The van der Waals surface area contributed by atoms with Crippen molar-refractivity contribution in [3.8, 4) is 0 Å². The second-order valence-electron chi connectivity index (χ2n) is 6.93. The predicted octanol–water partition coefficient (Wildman–Crippen LogP) is 5.75. The zero-order valence-electron chi connectivity index (χ0n) is 17.3. The van der Waals surface area contributed by atoms with Gasteiger partial charge in [0, 0.05) is 28.1 Å². The van der Waals surface area contributed by atoms with Crippen LogP contribution >= 0.6 is 11.8 Å². The van der Waals surface area contributed by atoms with Crippen molar-refractivity contribution < 1.29 is 14.3 Å². The molecular formula is C25H22N2O3S. The van der Waals surface area contributed by atoms with E-state index in [0.717, 1.165) is 12.1 Å². The van der Waals surface area contributed by atoms with Gasteiger partial charge in [0.05, 0.1) is 24.0 Å². The topological polar surface area (TPSA) is 58.6 Å². The Bertz CT molecular complexity index is 1160. The lowest BCUT2D eigenvalue weighted by molar-refractivity contribution is -0.111. The van der Waals surface area contributed by atoms with E-state index in [4.69, 9.17) is 0 Å². The van der Waals surface area contributed by atoms with Gasteiger partial charge in [0.25, 0.3) is 0 Å². The molecule has 156 valence electrons. The average molecular weight is 431 g/mol. The van der Waals surface area contributed by atoms with E-state index in [-0.39, 0.29) is 5.91 Å². The van der Waals surface area contributed by atoms with E-state index >= 15 is 0 Å². The Morgan fingerprint density at radius 2 is 1.74 bits per heavy atom. The van der Waals surface area contributed by atoms with E-state index in [9.17, 15) is 9.59 Å². The van der Waals surface area contributed by atoms with Gasteiger partial charge in [-0.25, -0.2) is 4.79 Å². The summed E-state index contributed by atoms with van der Waals surface area (Å²) in [6.45, 7) is 3.03. The summed E-state index contributed by atoms with van der Waals surface area (Å²) < 4.78 is 4.68. The largest absolute Gasteiger partial charge is 0.465 e. The summed E-state index contributed by atoms with van der Waals surface area (Å²) in [6.07, 6.45) is 3.31. The number of benzene rings is 3. The van der Waals surface area contributed by atoms with Gasteiger partial charge in [-0.1, -0.05) is 30.0 Å². The Balaban J connectivity index is 1.47. The van der Waals surface area contributed by atoms with E-state index in [0.29, 0.717) is 11.3 Å². The molecule has 3 aromatic carbocycles. The Hall–Kier alpha value is -3.51. The third-order valence-electron chi connectivity index (χ3n) is 4.97. The number of amides is 1. The molecule has 4 rings (SSSR count). The van der Waals surface area contributed by atoms with Crippen molar-refractivity contribution in [1.82, 2.24) is 0 Å². The van der Waals surface area contributed by atoms with Crippen molar-refractivity contribution >= 4 is 46.8 Å². The Morgan fingerprint density at radius 1 is 1.00 bits per heavy atom. The number of nitrogens with zero attached hydrogens (tertiary/aromatic N) is 1. The van der Waals surface area contributed by atoms with Crippen LogP contribution in [0.15, 0.2) is 82.6 Å². The van der Waals surface area contributed by atoms with Crippen LogP contribution in [0.1, 0.15) is 22.8 Å². The predicted molar refractivity (Wildman–Crippen MR) is 125 cm³/mol. The monoisotopic (exact) mass is 430 g/mol. The molecule has 1 aliphatic heterocycles. The quantitative estimate of drug-likeness (QED) is 0.413. The first-order valence-electron chi connectivity index (χ1n) is 9.95. The molecule has 0 saturated carbocycles. The number of methoxy groups -OCH3 is 1.